The molecule has 5 nitrogen and oxygen atoms in total. The van der Waals surface area contributed by atoms with Crippen molar-refractivity contribution >= 4 is 62.5 Å². The molecule has 150 valence electrons. The Bertz CT molecular complexity index is 1170. The molecule has 3 aromatic rings. The summed E-state index contributed by atoms with van der Waals surface area (Å²) < 4.78 is 20.9. The van der Waals surface area contributed by atoms with Gasteiger partial charge in [0.15, 0.2) is 0 Å². The number of halogens is 3. The molecule has 0 bridgehead atoms. The van der Waals surface area contributed by atoms with Crippen LogP contribution in [0, 0.1) is 34.4 Å². The lowest BCUT2D eigenvalue weighted by Crippen LogP contribution is -2.00. The zero-order valence-corrected chi connectivity index (χ0v) is 19.6. The van der Waals surface area contributed by atoms with Crippen molar-refractivity contribution in [2.75, 3.05) is 0 Å². The largest absolute Gasteiger partial charge is 0.487 e. The topological polar surface area (TPSA) is 76.2 Å². The first-order valence-electron chi connectivity index (χ1n) is 8.60. The van der Waals surface area contributed by atoms with Gasteiger partial charge < -0.3 is 4.74 Å². The van der Waals surface area contributed by atoms with Gasteiger partial charge in [-0.1, -0.05) is 24.3 Å². The van der Waals surface area contributed by atoms with Crippen LogP contribution in [0.2, 0.25) is 0 Å². The summed E-state index contributed by atoms with van der Waals surface area (Å²) in [6, 6.07) is 18.0. The van der Waals surface area contributed by atoms with Crippen LogP contribution in [-0.2, 0) is 6.61 Å². The van der Waals surface area contributed by atoms with E-state index in [1.807, 2.05) is 12.1 Å². The molecule has 0 aliphatic heterocycles. The Labute approximate surface area is 199 Å². The number of nitrogens with zero attached hydrogens (tertiary/aromatic N) is 2. The maximum Gasteiger partial charge on any atom is 0.270 e. The smallest absolute Gasteiger partial charge is 0.270 e. The van der Waals surface area contributed by atoms with Crippen molar-refractivity contribution in [3.63, 3.8) is 0 Å². The zero-order valence-electron chi connectivity index (χ0n) is 15.3. The van der Waals surface area contributed by atoms with Gasteiger partial charge in [-0.3, -0.25) is 10.1 Å². The average Bonchev–Trinajstić information content (AvgIpc) is 2.71. The minimum Gasteiger partial charge on any atom is -0.487 e. The van der Waals surface area contributed by atoms with Crippen LogP contribution in [-0.4, -0.2) is 4.92 Å². The summed E-state index contributed by atoms with van der Waals surface area (Å²) in [5.74, 6) is 0.359. The first-order chi connectivity index (χ1) is 14.4. The third kappa shape index (κ3) is 5.54. The Morgan fingerprint density at radius 2 is 1.83 bits per heavy atom. The lowest BCUT2D eigenvalue weighted by Gasteiger charge is -2.12. The summed E-state index contributed by atoms with van der Waals surface area (Å²) in [4.78, 5) is 10.5. The van der Waals surface area contributed by atoms with Crippen LogP contribution < -0.4 is 4.74 Å². The molecule has 0 N–H and O–H groups in total. The number of nitriles is 1. The molecule has 8 heteroatoms. The first kappa shape index (κ1) is 22.2. The van der Waals surface area contributed by atoms with E-state index in [-0.39, 0.29) is 18.1 Å². The van der Waals surface area contributed by atoms with Crippen molar-refractivity contribution < 1.29 is 14.1 Å². The van der Waals surface area contributed by atoms with E-state index in [0.717, 1.165) is 18.3 Å². The van der Waals surface area contributed by atoms with Gasteiger partial charge in [-0.25, -0.2) is 4.39 Å². The molecule has 0 heterocycles. The van der Waals surface area contributed by atoms with Crippen molar-refractivity contribution in [3.05, 3.63) is 100 Å². The lowest BCUT2D eigenvalue weighted by atomic mass is 10.0. The van der Waals surface area contributed by atoms with Crippen LogP contribution in [0.25, 0.3) is 11.6 Å². The molecule has 0 atom stereocenters. The maximum atomic E-state index is 13.3. The molecule has 0 aliphatic carbocycles. The van der Waals surface area contributed by atoms with Crippen LogP contribution in [0.5, 0.6) is 5.75 Å². The lowest BCUT2D eigenvalue weighted by molar-refractivity contribution is -0.384. The number of nitro groups is 1. The van der Waals surface area contributed by atoms with Crippen molar-refractivity contribution in [2.24, 2.45) is 0 Å². The predicted octanol–water partition coefficient (Wildman–Crippen LogP) is 6.59. The molecule has 0 fully saturated rings. The van der Waals surface area contributed by atoms with E-state index in [1.54, 1.807) is 30.3 Å². The molecule has 0 saturated carbocycles. The highest BCUT2D eigenvalue weighted by molar-refractivity contribution is 14.1. The van der Waals surface area contributed by atoms with Gasteiger partial charge >= 0.3 is 0 Å². The van der Waals surface area contributed by atoms with E-state index in [0.29, 0.717) is 16.9 Å². The van der Waals surface area contributed by atoms with E-state index < -0.39 is 4.92 Å². The van der Waals surface area contributed by atoms with Gasteiger partial charge in [0.05, 0.1) is 23.7 Å². The quantitative estimate of drug-likeness (QED) is 0.102. The number of allylic oxidation sites excluding steroid dienone is 1. The summed E-state index contributed by atoms with van der Waals surface area (Å²) >= 11 is 4.29. The van der Waals surface area contributed by atoms with E-state index in [1.165, 1.54) is 24.3 Å². The molecule has 0 spiro atoms. The fourth-order valence-corrected chi connectivity index (χ4v) is 4.84. The number of hydrogen-bond acceptors (Lipinski definition) is 4. The van der Waals surface area contributed by atoms with Crippen molar-refractivity contribution in [2.45, 2.75) is 6.61 Å². The van der Waals surface area contributed by atoms with Crippen LogP contribution in [0.4, 0.5) is 10.1 Å². The molecule has 30 heavy (non-hydrogen) atoms. The molecule has 0 amide bonds. The Hall–Kier alpha value is -2.52. The molecular weight excluding hydrogens is 613 g/mol. The van der Waals surface area contributed by atoms with E-state index in [9.17, 15) is 19.8 Å². The molecule has 0 radical (unpaired) electrons. The van der Waals surface area contributed by atoms with E-state index in [4.69, 9.17) is 4.74 Å². The fourth-order valence-electron chi connectivity index (χ4n) is 2.72. The fraction of sp³-hybridized carbons (Fsp3) is 0.0455. The second-order valence-electron chi connectivity index (χ2n) is 6.21. The van der Waals surface area contributed by atoms with Gasteiger partial charge in [0.25, 0.3) is 5.69 Å². The van der Waals surface area contributed by atoms with Crippen LogP contribution in [0.1, 0.15) is 16.7 Å². The van der Waals surface area contributed by atoms with Crippen molar-refractivity contribution in [3.8, 4) is 11.8 Å². The summed E-state index contributed by atoms with van der Waals surface area (Å²) in [6.07, 6.45) is 1.68. The summed E-state index contributed by atoms with van der Waals surface area (Å²) in [5.41, 5.74) is 2.22. The van der Waals surface area contributed by atoms with Gasteiger partial charge in [-0.15, -0.1) is 0 Å². The van der Waals surface area contributed by atoms with Crippen LogP contribution in [0.3, 0.4) is 0 Å². The average molecular weight is 626 g/mol. The van der Waals surface area contributed by atoms with E-state index >= 15 is 0 Å². The van der Waals surface area contributed by atoms with Crippen LogP contribution in [0.15, 0.2) is 60.7 Å². The van der Waals surface area contributed by atoms with Gasteiger partial charge in [0, 0.05) is 12.1 Å². The zero-order chi connectivity index (χ0) is 21.7. The Morgan fingerprint density at radius 3 is 2.47 bits per heavy atom. The molecule has 3 rings (SSSR count). The monoisotopic (exact) mass is 626 g/mol. The third-order valence-electron chi connectivity index (χ3n) is 4.09. The SMILES string of the molecule is N#C/C(=C/c1cc(I)c(OCc2cccc(F)c2)c(I)c1)c1cccc([N+](=O)[O-])c1. The number of nitro benzene ring substituents is 1. The minimum absolute atomic E-state index is 0.0705. The number of benzene rings is 3. The van der Waals surface area contributed by atoms with Gasteiger partial charge in [0.1, 0.15) is 18.2 Å². The third-order valence-corrected chi connectivity index (χ3v) is 5.69. The number of rotatable bonds is 6. The predicted molar refractivity (Wildman–Crippen MR) is 129 cm³/mol. The highest BCUT2D eigenvalue weighted by Gasteiger charge is 2.12. The minimum atomic E-state index is -0.491. The Kier molecular flexibility index (Phi) is 7.38. The number of non-ortho nitro benzene ring substituents is 1. The normalized spacial score (nSPS) is 11.1. The highest BCUT2D eigenvalue weighted by atomic mass is 127. The molecule has 0 saturated heterocycles. The van der Waals surface area contributed by atoms with Gasteiger partial charge in [0.2, 0.25) is 0 Å². The number of ether oxygens (including phenoxy) is 1. The Balaban J connectivity index is 1.87. The molecule has 3 aromatic carbocycles. The van der Waals surface area contributed by atoms with Crippen LogP contribution >= 0.6 is 45.2 Å². The standard InChI is InChI=1S/C22H13FI2N2O3/c23-18-5-1-3-14(8-18)13-30-22-20(24)9-15(10-21(22)25)7-17(12-26)16-4-2-6-19(11-16)27(28)29/h1-11H,13H2/b17-7-. The first-order valence-corrected chi connectivity index (χ1v) is 10.8. The second kappa shape index (κ2) is 9.99. The highest BCUT2D eigenvalue weighted by Crippen LogP contribution is 2.31. The maximum absolute atomic E-state index is 13.3. The second-order valence-corrected chi connectivity index (χ2v) is 8.53. The summed E-state index contributed by atoms with van der Waals surface area (Å²) in [6.45, 7) is 0.232. The van der Waals surface area contributed by atoms with Gasteiger partial charge in [-0.2, -0.15) is 5.26 Å². The molecular formula is C22H13FI2N2O3. The summed E-state index contributed by atoms with van der Waals surface area (Å²) in [5, 5.41) is 20.5. The van der Waals surface area contributed by atoms with E-state index in [2.05, 4.69) is 51.3 Å². The van der Waals surface area contributed by atoms with Crippen molar-refractivity contribution in [1.82, 2.24) is 0 Å². The molecule has 0 aromatic heterocycles. The van der Waals surface area contributed by atoms with Gasteiger partial charge in [-0.05, 0) is 92.2 Å². The molecule has 0 unspecified atom stereocenters. The van der Waals surface area contributed by atoms with Crippen molar-refractivity contribution in [1.29, 1.82) is 5.26 Å². The number of hydrogen-bond donors (Lipinski definition) is 0. The Morgan fingerprint density at radius 1 is 1.13 bits per heavy atom. The molecule has 0 aliphatic rings. The summed E-state index contributed by atoms with van der Waals surface area (Å²) in [7, 11) is 0.